The SMILES string of the molecule is CC/C=C\C/C=C\C/C=C\C/C=C\C/C=C\C/C=C\CCCCCCCCCCCCCCC(=O)NC(COP(=O)(O)OCC[N+](C)(C)C)C(O)CCCCCCCCC. The van der Waals surface area contributed by atoms with Gasteiger partial charge in [0.05, 0.1) is 39.9 Å². The van der Waals surface area contributed by atoms with Gasteiger partial charge in [-0.3, -0.25) is 13.8 Å². The van der Waals surface area contributed by atoms with Crippen LogP contribution < -0.4 is 5.32 Å². The topological polar surface area (TPSA) is 105 Å². The number of nitrogens with zero attached hydrogens (tertiary/aromatic N) is 1. The van der Waals surface area contributed by atoms with E-state index in [1.807, 2.05) is 21.1 Å². The van der Waals surface area contributed by atoms with Crippen LogP contribution in [-0.2, 0) is 18.4 Å². The number of likely N-dealkylation sites (N-methyl/N-ethyl adjacent to an activating group) is 1. The minimum atomic E-state index is -4.31. The number of unbranched alkanes of at least 4 members (excludes halogenated alkanes) is 18. The van der Waals surface area contributed by atoms with Gasteiger partial charge in [-0.2, -0.15) is 0 Å². The number of allylic oxidation sites excluding steroid dienone is 12. The minimum Gasteiger partial charge on any atom is -0.391 e. The van der Waals surface area contributed by atoms with Crippen LogP contribution in [-0.4, -0.2) is 73.4 Å². The molecule has 0 aliphatic rings. The van der Waals surface area contributed by atoms with E-state index in [9.17, 15) is 19.4 Å². The van der Waals surface area contributed by atoms with Gasteiger partial charge in [-0.25, -0.2) is 4.57 Å². The number of phosphoric ester groups is 1. The number of aliphatic hydroxyl groups is 1. The fraction of sp³-hybridized carbons (Fsp3) is 0.745. The number of carbonyl (C=O) groups is 1. The maximum Gasteiger partial charge on any atom is 0.472 e. The van der Waals surface area contributed by atoms with Crippen LogP contribution in [0.4, 0.5) is 0 Å². The molecule has 0 aromatic rings. The number of quaternary nitrogens is 1. The highest BCUT2D eigenvalue weighted by Crippen LogP contribution is 2.43. The van der Waals surface area contributed by atoms with Crippen molar-refractivity contribution >= 4 is 13.7 Å². The van der Waals surface area contributed by atoms with Crippen molar-refractivity contribution in [3.05, 3.63) is 72.9 Å². The minimum absolute atomic E-state index is 0.0712. The van der Waals surface area contributed by atoms with Crippen molar-refractivity contribution in [2.75, 3.05) is 40.9 Å². The Balaban J connectivity index is 4.01. The normalized spacial score (nSPS) is 14.8. The van der Waals surface area contributed by atoms with Crippen LogP contribution in [0.15, 0.2) is 72.9 Å². The fourth-order valence-electron chi connectivity index (χ4n) is 6.64. The monoisotopic (exact) mass is 862 g/mol. The molecule has 1 amide bonds. The molecule has 0 aliphatic heterocycles. The van der Waals surface area contributed by atoms with Crippen LogP contribution in [0.3, 0.4) is 0 Å². The first kappa shape index (κ1) is 57.9. The molecule has 0 aromatic heterocycles. The number of rotatable bonds is 43. The summed E-state index contributed by atoms with van der Waals surface area (Å²) >= 11 is 0. The zero-order valence-corrected chi connectivity index (χ0v) is 40.3. The van der Waals surface area contributed by atoms with Gasteiger partial charge in [-0.1, -0.05) is 196 Å². The van der Waals surface area contributed by atoms with Crippen LogP contribution in [0.1, 0.15) is 194 Å². The summed E-state index contributed by atoms with van der Waals surface area (Å²) in [6, 6.07) is -0.761. The predicted molar refractivity (Wildman–Crippen MR) is 258 cm³/mol. The van der Waals surface area contributed by atoms with Crippen LogP contribution in [0.2, 0.25) is 0 Å². The van der Waals surface area contributed by atoms with Gasteiger partial charge < -0.3 is 19.8 Å². The lowest BCUT2D eigenvalue weighted by Gasteiger charge is -2.26. The Morgan fingerprint density at radius 2 is 1.00 bits per heavy atom. The van der Waals surface area contributed by atoms with Gasteiger partial charge in [0.25, 0.3) is 0 Å². The molecule has 0 spiro atoms. The van der Waals surface area contributed by atoms with Gasteiger partial charge in [-0.15, -0.1) is 0 Å². The largest absolute Gasteiger partial charge is 0.472 e. The lowest BCUT2D eigenvalue weighted by Crippen LogP contribution is -2.46. The summed E-state index contributed by atoms with van der Waals surface area (Å²) < 4.78 is 23.5. The summed E-state index contributed by atoms with van der Waals surface area (Å²) in [4.78, 5) is 23.1. The average Bonchev–Trinajstić information content (AvgIpc) is 3.20. The van der Waals surface area contributed by atoms with Crippen molar-refractivity contribution in [2.24, 2.45) is 0 Å². The van der Waals surface area contributed by atoms with Crippen molar-refractivity contribution in [3.63, 3.8) is 0 Å². The number of hydrogen-bond acceptors (Lipinski definition) is 5. The molecule has 0 saturated heterocycles. The van der Waals surface area contributed by atoms with E-state index >= 15 is 0 Å². The third kappa shape index (κ3) is 44.0. The van der Waals surface area contributed by atoms with Crippen LogP contribution in [0, 0.1) is 0 Å². The van der Waals surface area contributed by atoms with Gasteiger partial charge in [0.1, 0.15) is 13.2 Å². The van der Waals surface area contributed by atoms with Crippen molar-refractivity contribution in [1.29, 1.82) is 0 Å². The maximum atomic E-state index is 12.8. The average molecular weight is 862 g/mol. The summed E-state index contributed by atoms with van der Waals surface area (Å²) in [5, 5.41) is 13.8. The number of phosphoric acid groups is 1. The van der Waals surface area contributed by atoms with E-state index in [2.05, 4.69) is 92.1 Å². The molecule has 0 rings (SSSR count). The van der Waals surface area contributed by atoms with Gasteiger partial charge >= 0.3 is 7.82 Å². The molecule has 0 aromatic carbocycles. The third-order valence-corrected chi connectivity index (χ3v) is 11.5. The molecule has 0 heterocycles. The van der Waals surface area contributed by atoms with E-state index in [1.165, 1.54) is 89.9 Å². The van der Waals surface area contributed by atoms with E-state index in [0.29, 0.717) is 23.9 Å². The molecule has 3 atom stereocenters. The van der Waals surface area contributed by atoms with Crippen molar-refractivity contribution in [2.45, 2.75) is 206 Å². The molecule has 60 heavy (non-hydrogen) atoms. The van der Waals surface area contributed by atoms with Crippen molar-refractivity contribution in [3.8, 4) is 0 Å². The zero-order chi connectivity index (χ0) is 44.3. The number of aliphatic hydroxyl groups excluding tert-OH is 1. The first-order valence-electron chi connectivity index (χ1n) is 24.3. The molecular formula is C51H94N2O6P+. The Hall–Kier alpha value is -2.06. The Kier molecular flexibility index (Phi) is 40.8. The Labute approximate surface area is 370 Å². The van der Waals surface area contributed by atoms with Crippen molar-refractivity contribution < 1.29 is 32.9 Å². The van der Waals surface area contributed by atoms with Gasteiger partial charge in [0, 0.05) is 6.42 Å². The van der Waals surface area contributed by atoms with E-state index in [-0.39, 0.29) is 19.1 Å². The number of amides is 1. The number of carbonyl (C=O) groups excluding carboxylic acids is 1. The van der Waals surface area contributed by atoms with E-state index in [1.54, 1.807) is 0 Å². The molecule has 0 bridgehead atoms. The molecule has 0 radical (unpaired) electrons. The second-order valence-electron chi connectivity index (χ2n) is 17.5. The summed E-state index contributed by atoms with van der Waals surface area (Å²) in [5.41, 5.74) is 0. The lowest BCUT2D eigenvalue weighted by atomic mass is 10.0. The first-order valence-corrected chi connectivity index (χ1v) is 25.8. The second-order valence-corrected chi connectivity index (χ2v) is 18.9. The molecule has 348 valence electrons. The maximum absolute atomic E-state index is 12.8. The summed E-state index contributed by atoms with van der Waals surface area (Å²) in [7, 11) is 1.60. The second kappa shape index (κ2) is 42.3. The summed E-state index contributed by atoms with van der Waals surface area (Å²) in [6.07, 6.45) is 56.8. The first-order chi connectivity index (χ1) is 29.0. The molecule has 9 heteroatoms. The van der Waals surface area contributed by atoms with Crippen LogP contribution in [0.25, 0.3) is 0 Å². The molecular weight excluding hydrogens is 768 g/mol. The zero-order valence-electron chi connectivity index (χ0n) is 39.4. The molecule has 0 saturated carbocycles. The predicted octanol–water partition coefficient (Wildman–Crippen LogP) is 14.0. The highest BCUT2D eigenvalue weighted by Gasteiger charge is 2.28. The van der Waals surface area contributed by atoms with E-state index in [4.69, 9.17) is 9.05 Å². The Morgan fingerprint density at radius 3 is 1.47 bits per heavy atom. The highest BCUT2D eigenvalue weighted by atomic mass is 31.2. The standard InChI is InChI=1S/C51H93N2O6P/c1-6-8-10-12-14-15-16-17-18-19-20-21-22-23-24-25-26-27-28-29-30-31-32-33-34-35-36-37-39-41-43-45-51(55)52-49(50(54)44-42-40-38-13-11-9-7-2)48-59-60(56,57)58-47-46-53(3,4)5/h8,10,14-15,17-18,20-21,23-24,26-27,49-50,54H,6-7,9,11-13,16,19,22,25,28-48H2,1-5H3,(H-,52,55,56,57)/p+1/b10-8-,15-14-,18-17-,21-20-,24-23-,27-26-. The molecule has 0 fully saturated rings. The van der Waals surface area contributed by atoms with E-state index in [0.717, 1.165) is 77.0 Å². The third-order valence-electron chi connectivity index (χ3n) is 10.5. The van der Waals surface area contributed by atoms with E-state index < -0.39 is 20.0 Å². The summed E-state index contributed by atoms with van der Waals surface area (Å²) in [5.74, 6) is -0.154. The van der Waals surface area contributed by atoms with Gasteiger partial charge in [0.15, 0.2) is 0 Å². The molecule has 0 aliphatic carbocycles. The quantitative estimate of drug-likeness (QED) is 0.0244. The Bertz CT molecular complexity index is 1200. The van der Waals surface area contributed by atoms with Gasteiger partial charge in [-0.05, 0) is 64.2 Å². The molecule has 8 nitrogen and oxygen atoms in total. The number of hydrogen-bond donors (Lipinski definition) is 3. The summed E-state index contributed by atoms with van der Waals surface area (Å²) in [6.45, 7) is 4.71. The fourth-order valence-corrected chi connectivity index (χ4v) is 7.37. The van der Waals surface area contributed by atoms with Crippen LogP contribution >= 0.6 is 7.82 Å². The highest BCUT2D eigenvalue weighted by molar-refractivity contribution is 7.47. The molecule has 3 unspecified atom stereocenters. The Morgan fingerprint density at radius 1 is 0.583 bits per heavy atom. The van der Waals surface area contributed by atoms with Crippen molar-refractivity contribution in [1.82, 2.24) is 5.32 Å². The lowest BCUT2D eigenvalue weighted by molar-refractivity contribution is -0.870. The van der Waals surface area contributed by atoms with Crippen LogP contribution in [0.5, 0.6) is 0 Å². The molecule has 3 N–H and O–H groups in total. The smallest absolute Gasteiger partial charge is 0.391 e. The van der Waals surface area contributed by atoms with Gasteiger partial charge in [0.2, 0.25) is 5.91 Å². The number of nitrogens with one attached hydrogen (secondary N) is 1.